The topological polar surface area (TPSA) is 98.3 Å². The summed E-state index contributed by atoms with van der Waals surface area (Å²) < 4.78 is 0. The van der Waals surface area contributed by atoms with Crippen LogP contribution in [0.2, 0.25) is 0 Å². The molecule has 0 saturated carbocycles. The Morgan fingerprint density at radius 2 is 1.47 bits per heavy atom. The molecule has 0 fully saturated rings. The number of hydrogen-bond acceptors (Lipinski definition) is 4. The smallest absolute Gasteiger partial charge is 0.138 e. The van der Waals surface area contributed by atoms with Crippen molar-refractivity contribution in [2.75, 3.05) is 17.2 Å². The molecular formula is C13H17N3O. The molecule has 0 heterocycles. The van der Waals surface area contributed by atoms with Crippen LogP contribution < -0.4 is 17.2 Å². The number of aromatic hydroxyl groups is 1. The molecule has 0 aliphatic heterocycles. The van der Waals surface area contributed by atoms with E-state index in [1.165, 1.54) is 0 Å². The molecule has 0 saturated heterocycles. The van der Waals surface area contributed by atoms with Crippen LogP contribution in [0.3, 0.4) is 0 Å². The minimum atomic E-state index is 0.146. The van der Waals surface area contributed by atoms with Crippen LogP contribution in [0.25, 0.3) is 0 Å². The van der Waals surface area contributed by atoms with E-state index in [4.69, 9.17) is 22.3 Å². The monoisotopic (exact) mass is 231 g/mol. The highest BCUT2D eigenvalue weighted by molar-refractivity contribution is 5.63. The zero-order valence-electron chi connectivity index (χ0n) is 9.72. The number of rotatable bonds is 0. The Bertz CT molecular complexity index is 477. The Labute approximate surface area is 101 Å². The summed E-state index contributed by atoms with van der Waals surface area (Å²) >= 11 is 0. The van der Waals surface area contributed by atoms with Crippen molar-refractivity contribution >= 4 is 17.1 Å². The zero-order chi connectivity index (χ0) is 12.8. The number of anilines is 3. The summed E-state index contributed by atoms with van der Waals surface area (Å²) in [6.45, 7) is 1.98. The minimum absolute atomic E-state index is 0.146. The largest absolute Gasteiger partial charge is 0.506 e. The number of aryl methyl sites for hydroxylation is 1. The van der Waals surface area contributed by atoms with Gasteiger partial charge in [-0.1, -0.05) is 18.2 Å². The number of nitrogen functional groups attached to an aromatic ring is 3. The van der Waals surface area contributed by atoms with Crippen molar-refractivity contribution < 1.29 is 5.11 Å². The van der Waals surface area contributed by atoms with Crippen LogP contribution in [0, 0.1) is 6.92 Å². The lowest BCUT2D eigenvalue weighted by molar-refractivity contribution is 0.478. The van der Waals surface area contributed by atoms with E-state index in [0.717, 1.165) is 5.56 Å². The van der Waals surface area contributed by atoms with E-state index in [2.05, 4.69) is 0 Å². The fourth-order valence-corrected chi connectivity index (χ4v) is 1.18. The Morgan fingerprint density at radius 3 is 1.88 bits per heavy atom. The van der Waals surface area contributed by atoms with E-state index in [0.29, 0.717) is 17.1 Å². The Kier molecular flexibility index (Phi) is 4.22. The second-order valence-corrected chi connectivity index (χ2v) is 3.69. The van der Waals surface area contributed by atoms with E-state index in [1.54, 1.807) is 24.3 Å². The van der Waals surface area contributed by atoms with Crippen LogP contribution in [-0.2, 0) is 0 Å². The average molecular weight is 231 g/mol. The van der Waals surface area contributed by atoms with Crippen molar-refractivity contribution in [1.82, 2.24) is 0 Å². The van der Waals surface area contributed by atoms with Gasteiger partial charge in [0.2, 0.25) is 0 Å². The van der Waals surface area contributed by atoms with E-state index in [1.807, 2.05) is 25.1 Å². The maximum Gasteiger partial charge on any atom is 0.138 e. The van der Waals surface area contributed by atoms with Crippen LogP contribution in [0.5, 0.6) is 5.75 Å². The van der Waals surface area contributed by atoms with Gasteiger partial charge in [-0.25, -0.2) is 0 Å². The summed E-state index contributed by atoms with van der Waals surface area (Å²) in [5, 5.41) is 8.79. The summed E-state index contributed by atoms with van der Waals surface area (Å²) in [7, 11) is 0. The first-order chi connectivity index (χ1) is 8.00. The van der Waals surface area contributed by atoms with E-state index >= 15 is 0 Å². The molecule has 2 aromatic carbocycles. The van der Waals surface area contributed by atoms with Crippen molar-refractivity contribution in [2.45, 2.75) is 6.92 Å². The van der Waals surface area contributed by atoms with Crippen molar-refractivity contribution in [3.63, 3.8) is 0 Å². The van der Waals surface area contributed by atoms with Crippen molar-refractivity contribution in [1.29, 1.82) is 0 Å². The van der Waals surface area contributed by atoms with Gasteiger partial charge in [0.1, 0.15) is 5.75 Å². The van der Waals surface area contributed by atoms with Gasteiger partial charge >= 0.3 is 0 Å². The third kappa shape index (κ3) is 3.95. The molecule has 4 nitrogen and oxygen atoms in total. The average Bonchev–Trinajstić information content (AvgIpc) is 2.29. The molecule has 0 radical (unpaired) electrons. The highest BCUT2D eigenvalue weighted by atomic mass is 16.3. The van der Waals surface area contributed by atoms with E-state index in [9.17, 15) is 0 Å². The lowest BCUT2D eigenvalue weighted by Gasteiger charge is -1.98. The quantitative estimate of drug-likeness (QED) is 0.412. The molecule has 0 aliphatic rings. The lowest BCUT2D eigenvalue weighted by Crippen LogP contribution is -1.93. The first kappa shape index (κ1) is 12.7. The molecule has 90 valence electrons. The summed E-state index contributed by atoms with van der Waals surface area (Å²) in [4.78, 5) is 0. The molecule has 0 spiro atoms. The third-order valence-electron chi connectivity index (χ3n) is 2.18. The van der Waals surface area contributed by atoms with Crippen LogP contribution in [0.4, 0.5) is 17.1 Å². The number of phenols is 1. The predicted octanol–water partition coefficient (Wildman–Crippen LogP) is 2.13. The molecule has 0 bridgehead atoms. The van der Waals surface area contributed by atoms with Crippen molar-refractivity contribution in [2.24, 2.45) is 0 Å². The van der Waals surface area contributed by atoms with Crippen molar-refractivity contribution in [3.8, 4) is 5.75 Å². The van der Waals surface area contributed by atoms with Crippen LogP contribution in [-0.4, -0.2) is 5.11 Å². The summed E-state index contributed by atoms with van der Waals surface area (Å²) in [5.74, 6) is 0.146. The maximum absolute atomic E-state index is 8.79. The van der Waals surface area contributed by atoms with E-state index < -0.39 is 0 Å². The lowest BCUT2D eigenvalue weighted by atomic mass is 10.2. The first-order valence-corrected chi connectivity index (χ1v) is 5.16. The molecule has 2 rings (SSSR count). The minimum Gasteiger partial charge on any atom is -0.506 e. The molecule has 0 aromatic heterocycles. The molecule has 7 N–H and O–H groups in total. The summed E-state index contributed by atoms with van der Waals surface area (Å²) in [5.41, 5.74) is 19.1. The molecular weight excluding hydrogens is 214 g/mol. The van der Waals surface area contributed by atoms with Gasteiger partial charge in [0.25, 0.3) is 0 Å². The Morgan fingerprint density at radius 1 is 0.824 bits per heavy atom. The fraction of sp³-hybridized carbons (Fsp3) is 0.0769. The van der Waals surface area contributed by atoms with Crippen LogP contribution >= 0.6 is 0 Å². The van der Waals surface area contributed by atoms with Gasteiger partial charge in [0, 0.05) is 0 Å². The fourth-order valence-electron chi connectivity index (χ4n) is 1.18. The molecule has 2 aromatic rings. The molecule has 0 unspecified atom stereocenters. The van der Waals surface area contributed by atoms with Crippen molar-refractivity contribution in [3.05, 3.63) is 48.0 Å². The molecule has 17 heavy (non-hydrogen) atoms. The van der Waals surface area contributed by atoms with Gasteiger partial charge < -0.3 is 22.3 Å². The zero-order valence-corrected chi connectivity index (χ0v) is 9.72. The molecule has 0 amide bonds. The van der Waals surface area contributed by atoms with Gasteiger partial charge in [0.15, 0.2) is 0 Å². The van der Waals surface area contributed by atoms with Crippen LogP contribution in [0.1, 0.15) is 5.56 Å². The van der Waals surface area contributed by atoms with Gasteiger partial charge in [0.05, 0.1) is 17.1 Å². The van der Waals surface area contributed by atoms with Crippen LogP contribution in [0.15, 0.2) is 42.5 Å². The first-order valence-electron chi connectivity index (χ1n) is 5.16. The Hall–Kier alpha value is -2.36. The Balaban J connectivity index is 0.000000171. The van der Waals surface area contributed by atoms with Gasteiger partial charge in [-0.2, -0.15) is 0 Å². The highest BCUT2D eigenvalue weighted by Crippen LogP contribution is 2.16. The predicted molar refractivity (Wildman–Crippen MR) is 72.5 cm³/mol. The summed E-state index contributed by atoms with van der Waals surface area (Å²) in [6, 6.07) is 12.3. The number of phenolic OH excluding ortho intramolecular Hbond substituents is 1. The maximum atomic E-state index is 8.79. The number of benzene rings is 2. The number of hydrogen-bond donors (Lipinski definition) is 4. The SMILES string of the molecule is Cc1ccc(N)c(N)c1.Nc1ccccc1O. The standard InChI is InChI=1S/C7H10N2.C6H7NO/c1-5-2-3-6(8)7(9)4-5;7-5-3-1-2-4-6(5)8/h2-4H,8-9H2,1H3;1-4,8H,7H2. The highest BCUT2D eigenvalue weighted by Gasteiger charge is 1.90. The van der Waals surface area contributed by atoms with E-state index in [-0.39, 0.29) is 5.75 Å². The normalized spacial score (nSPS) is 9.24. The number of para-hydroxylation sites is 2. The number of nitrogens with two attached hydrogens (primary N) is 3. The molecule has 4 heteroatoms. The van der Waals surface area contributed by atoms with Gasteiger partial charge in [-0.3, -0.25) is 0 Å². The van der Waals surface area contributed by atoms with Gasteiger partial charge in [-0.05, 0) is 36.8 Å². The third-order valence-corrected chi connectivity index (χ3v) is 2.18. The second-order valence-electron chi connectivity index (χ2n) is 3.69. The molecule has 0 aliphatic carbocycles. The second kappa shape index (κ2) is 5.65. The van der Waals surface area contributed by atoms with Gasteiger partial charge in [-0.15, -0.1) is 0 Å². The molecule has 0 atom stereocenters. The summed E-state index contributed by atoms with van der Waals surface area (Å²) in [6.07, 6.45) is 0.